The van der Waals surface area contributed by atoms with Crippen LogP contribution in [0, 0.1) is 18.8 Å². The number of nitrogens with zero attached hydrogens (tertiary/aromatic N) is 4. The van der Waals surface area contributed by atoms with Gasteiger partial charge in [-0.2, -0.15) is 0 Å². The van der Waals surface area contributed by atoms with Gasteiger partial charge in [0.2, 0.25) is 16.2 Å². The Balaban J connectivity index is 1.34. The molecule has 7 nitrogen and oxygen atoms in total. The second kappa shape index (κ2) is 10.2. The largest absolute Gasteiger partial charge is 0.379 e. The summed E-state index contributed by atoms with van der Waals surface area (Å²) in [6, 6.07) is 12.5. The van der Waals surface area contributed by atoms with Gasteiger partial charge in [-0.3, -0.25) is 9.36 Å². The molecule has 1 fully saturated rings. The molecule has 8 heteroatoms. The molecule has 3 aromatic rings. The fraction of sp³-hybridized carbons (Fsp3) is 0.458. The van der Waals surface area contributed by atoms with Crippen molar-refractivity contribution in [2.24, 2.45) is 11.8 Å². The molecule has 0 bridgehead atoms. The van der Waals surface area contributed by atoms with Crippen molar-refractivity contribution in [2.45, 2.75) is 40.2 Å². The minimum absolute atomic E-state index is 0.0984. The SMILES string of the molecule is Cc1ccc(NCc2cccn2-c2nnc(N3CCC(C(=O)NCC(C)C)CC3)s2)cc1. The molecule has 170 valence electrons. The molecule has 32 heavy (non-hydrogen) atoms. The topological polar surface area (TPSA) is 75.1 Å². The normalized spacial score (nSPS) is 14.7. The van der Waals surface area contributed by atoms with E-state index in [0.717, 1.165) is 54.1 Å². The molecule has 1 aromatic carbocycles. The van der Waals surface area contributed by atoms with Crippen molar-refractivity contribution < 1.29 is 4.79 Å². The summed E-state index contributed by atoms with van der Waals surface area (Å²) in [5, 5.41) is 17.2. The van der Waals surface area contributed by atoms with Crippen LogP contribution in [0.2, 0.25) is 0 Å². The molecule has 0 unspecified atom stereocenters. The van der Waals surface area contributed by atoms with E-state index in [1.54, 1.807) is 11.3 Å². The highest BCUT2D eigenvalue weighted by Gasteiger charge is 2.26. The van der Waals surface area contributed by atoms with Gasteiger partial charge in [-0.15, -0.1) is 10.2 Å². The fourth-order valence-electron chi connectivity index (χ4n) is 3.83. The number of nitrogens with one attached hydrogen (secondary N) is 2. The molecule has 0 saturated carbocycles. The zero-order valence-corrected chi connectivity index (χ0v) is 19.9. The predicted molar refractivity (Wildman–Crippen MR) is 131 cm³/mol. The molecule has 1 amide bonds. The number of rotatable bonds is 8. The van der Waals surface area contributed by atoms with Crippen LogP contribution in [-0.4, -0.2) is 40.3 Å². The second-order valence-electron chi connectivity index (χ2n) is 8.86. The van der Waals surface area contributed by atoms with E-state index in [-0.39, 0.29) is 11.8 Å². The molecule has 1 aliphatic rings. The van der Waals surface area contributed by atoms with Crippen molar-refractivity contribution in [1.29, 1.82) is 0 Å². The van der Waals surface area contributed by atoms with E-state index >= 15 is 0 Å². The van der Waals surface area contributed by atoms with Crippen LogP contribution in [0.15, 0.2) is 42.6 Å². The number of carbonyl (C=O) groups is 1. The van der Waals surface area contributed by atoms with E-state index in [1.165, 1.54) is 5.56 Å². The molecule has 2 aromatic heterocycles. The Morgan fingerprint density at radius 2 is 1.84 bits per heavy atom. The highest BCUT2D eigenvalue weighted by molar-refractivity contribution is 7.17. The molecular weight excluding hydrogens is 420 g/mol. The third-order valence-electron chi connectivity index (χ3n) is 5.79. The van der Waals surface area contributed by atoms with Crippen LogP contribution in [-0.2, 0) is 11.3 Å². The summed E-state index contributed by atoms with van der Waals surface area (Å²) in [5.74, 6) is 0.764. The number of hydrogen-bond acceptors (Lipinski definition) is 6. The molecule has 0 aliphatic carbocycles. The maximum Gasteiger partial charge on any atom is 0.223 e. The number of carbonyl (C=O) groups excluding carboxylic acids is 1. The van der Waals surface area contributed by atoms with Crippen molar-refractivity contribution >= 4 is 28.1 Å². The zero-order valence-electron chi connectivity index (χ0n) is 19.0. The van der Waals surface area contributed by atoms with Gasteiger partial charge in [-0.05, 0) is 49.9 Å². The van der Waals surface area contributed by atoms with Gasteiger partial charge in [0.15, 0.2) is 0 Å². The monoisotopic (exact) mass is 452 g/mol. The third kappa shape index (κ3) is 5.48. The van der Waals surface area contributed by atoms with Gasteiger partial charge in [0.1, 0.15) is 0 Å². The summed E-state index contributed by atoms with van der Waals surface area (Å²) in [6.45, 7) is 9.45. The van der Waals surface area contributed by atoms with E-state index < -0.39 is 0 Å². The van der Waals surface area contributed by atoms with Crippen LogP contribution in [0.5, 0.6) is 0 Å². The first kappa shape index (κ1) is 22.3. The van der Waals surface area contributed by atoms with Gasteiger partial charge in [-0.1, -0.05) is 42.9 Å². The Labute approximate surface area is 193 Å². The third-order valence-corrected chi connectivity index (χ3v) is 6.77. The van der Waals surface area contributed by atoms with Crippen molar-refractivity contribution in [1.82, 2.24) is 20.1 Å². The maximum absolute atomic E-state index is 12.4. The summed E-state index contributed by atoms with van der Waals surface area (Å²) in [7, 11) is 0. The van der Waals surface area contributed by atoms with Gasteiger partial charge in [0.25, 0.3) is 0 Å². The molecule has 0 atom stereocenters. The Hall–Kier alpha value is -2.87. The fourth-order valence-corrected chi connectivity index (χ4v) is 4.74. The minimum Gasteiger partial charge on any atom is -0.379 e. The molecular formula is C24H32N6OS. The lowest BCUT2D eigenvalue weighted by Crippen LogP contribution is -2.41. The zero-order chi connectivity index (χ0) is 22.5. The first-order valence-corrected chi connectivity index (χ1v) is 12.1. The molecule has 4 rings (SSSR count). The number of aromatic nitrogens is 3. The van der Waals surface area contributed by atoms with E-state index in [2.05, 4.69) is 81.4 Å². The summed E-state index contributed by atoms with van der Waals surface area (Å²) in [6.07, 6.45) is 3.74. The van der Waals surface area contributed by atoms with Gasteiger partial charge in [0, 0.05) is 43.1 Å². The first-order valence-electron chi connectivity index (χ1n) is 11.3. The van der Waals surface area contributed by atoms with Crippen LogP contribution in [0.3, 0.4) is 0 Å². The number of anilines is 2. The summed E-state index contributed by atoms with van der Waals surface area (Å²) in [5.41, 5.74) is 3.48. The number of amides is 1. The van der Waals surface area contributed by atoms with Crippen molar-refractivity contribution in [3.63, 3.8) is 0 Å². The molecule has 0 spiro atoms. The Bertz CT molecular complexity index is 1020. The Morgan fingerprint density at radius 3 is 2.56 bits per heavy atom. The smallest absolute Gasteiger partial charge is 0.223 e. The van der Waals surface area contributed by atoms with E-state index in [1.807, 2.05) is 12.3 Å². The van der Waals surface area contributed by atoms with Gasteiger partial charge in [-0.25, -0.2) is 0 Å². The number of piperidine rings is 1. The van der Waals surface area contributed by atoms with Gasteiger partial charge in [0.05, 0.1) is 6.54 Å². The Kier molecular flexibility index (Phi) is 7.09. The van der Waals surface area contributed by atoms with Gasteiger partial charge < -0.3 is 15.5 Å². The molecule has 1 saturated heterocycles. The molecule has 3 heterocycles. The molecule has 2 N–H and O–H groups in total. The van der Waals surface area contributed by atoms with Crippen molar-refractivity contribution in [2.75, 3.05) is 29.9 Å². The van der Waals surface area contributed by atoms with E-state index in [4.69, 9.17) is 0 Å². The van der Waals surface area contributed by atoms with E-state index in [9.17, 15) is 4.79 Å². The molecule has 0 radical (unpaired) electrons. The quantitative estimate of drug-likeness (QED) is 0.535. The minimum atomic E-state index is 0.0984. The highest BCUT2D eigenvalue weighted by Crippen LogP contribution is 2.28. The Morgan fingerprint density at radius 1 is 1.12 bits per heavy atom. The second-order valence-corrected chi connectivity index (χ2v) is 9.79. The van der Waals surface area contributed by atoms with Crippen LogP contribution in [0.1, 0.15) is 37.9 Å². The first-order chi connectivity index (χ1) is 15.5. The lowest BCUT2D eigenvalue weighted by atomic mass is 9.96. The van der Waals surface area contributed by atoms with Crippen molar-refractivity contribution in [3.05, 3.63) is 53.9 Å². The molecule has 1 aliphatic heterocycles. The van der Waals surface area contributed by atoms with Crippen LogP contribution < -0.4 is 15.5 Å². The lowest BCUT2D eigenvalue weighted by molar-refractivity contribution is -0.125. The average molecular weight is 453 g/mol. The maximum atomic E-state index is 12.4. The number of benzene rings is 1. The summed E-state index contributed by atoms with van der Waals surface area (Å²) < 4.78 is 2.09. The lowest BCUT2D eigenvalue weighted by Gasteiger charge is -2.30. The van der Waals surface area contributed by atoms with E-state index in [0.29, 0.717) is 12.5 Å². The number of aryl methyl sites for hydroxylation is 1. The summed E-state index contributed by atoms with van der Waals surface area (Å²) in [4.78, 5) is 14.6. The van der Waals surface area contributed by atoms with Crippen LogP contribution in [0.25, 0.3) is 5.13 Å². The average Bonchev–Trinajstić information content (AvgIpc) is 3.46. The highest BCUT2D eigenvalue weighted by atomic mass is 32.1. The summed E-state index contributed by atoms with van der Waals surface area (Å²) >= 11 is 1.60. The van der Waals surface area contributed by atoms with Crippen LogP contribution in [0.4, 0.5) is 10.8 Å². The van der Waals surface area contributed by atoms with Crippen molar-refractivity contribution in [3.8, 4) is 5.13 Å². The number of hydrogen-bond donors (Lipinski definition) is 2. The van der Waals surface area contributed by atoms with Gasteiger partial charge >= 0.3 is 0 Å². The van der Waals surface area contributed by atoms with Crippen LogP contribution >= 0.6 is 11.3 Å². The standard InChI is InChI=1S/C24H32N6OS/c1-17(2)15-26-22(31)19-10-13-29(14-11-19)23-27-28-24(32-23)30-12-4-5-21(30)16-25-20-8-6-18(3)7-9-20/h4-9,12,17,19,25H,10-11,13-16H2,1-3H3,(H,26,31). The predicted octanol–water partition coefficient (Wildman–Crippen LogP) is 4.24.